The fourth-order valence-corrected chi connectivity index (χ4v) is 5.71. The van der Waals surface area contributed by atoms with Crippen LogP contribution in [0.15, 0.2) is 40.8 Å². The maximum atomic E-state index is 13.1. The quantitative estimate of drug-likeness (QED) is 0.501. The number of aromatic nitrogens is 3. The van der Waals surface area contributed by atoms with E-state index in [2.05, 4.69) is 36.2 Å². The van der Waals surface area contributed by atoms with Gasteiger partial charge in [0.2, 0.25) is 0 Å². The highest BCUT2D eigenvalue weighted by atomic mass is 32.1. The number of fused-ring (bicyclic) bond motifs is 3. The molecule has 5 rings (SSSR count). The van der Waals surface area contributed by atoms with E-state index in [1.165, 1.54) is 28.8 Å². The Morgan fingerprint density at radius 3 is 2.81 bits per heavy atom. The molecule has 0 spiro atoms. The molecule has 3 heterocycles. The van der Waals surface area contributed by atoms with Gasteiger partial charge in [0.05, 0.1) is 24.0 Å². The molecular weight excluding hydrogens is 374 g/mol. The first-order valence-electron chi connectivity index (χ1n) is 9.20. The molecule has 0 aliphatic heterocycles. The smallest absolute Gasteiger partial charge is 0.262 e. The molecule has 136 valence electrons. The number of hydrogen-bond acceptors (Lipinski definition) is 5. The molecule has 0 fully saturated rings. The van der Waals surface area contributed by atoms with Crippen molar-refractivity contribution in [2.45, 2.75) is 39.2 Å². The second-order valence-electron chi connectivity index (χ2n) is 7.08. The van der Waals surface area contributed by atoms with Crippen molar-refractivity contribution in [3.63, 3.8) is 0 Å². The molecule has 0 atom stereocenters. The van der Waals surface area contributed by atoms with Crippen LogP contribution >= 0.6 is 22.7 Å². The average molecular weight is 394 g/mol. The standard InChI is InChI=1S/C21H19N3OS2/c1-13-6-8-14(9-7-13)19-23-15(11-26-19)10-24-12-22-20-18(21(24)25)16-4-2-3-5-17(16)27-20/h6-9,11-12H,2-5,10H2,1H3. The summed E-state index contributed by atoms with van der Waals surface area (Å²) in [6.07, 6.45) is 6.15. The monoisotopic (exact) mass is 393 g/mol. The highest BCUT2D eigenvalue weighted by Crippen LogP contribution is 2.33. The van der Waals surface area contributed by atoms with Gasteiger partial charge in [-0.05, 0) is 38.2 Å². The molecule has 0 saturated carbocycles. The van der Waals surface area contributed by atoms with E-state index in [1.54, 1.807) is 33.6 Å². The summed E-state index contributed by atoms with van der Waals surface area (Å²) in [5, 5.41) is 3.86. The van der Waals surface area contributed by atoms with Crippen molar-refractivity contribution in [1.82, 2.24) is 14.5 Å². The minimum absolute atomic E-state index is 0.0734. The van der Waals surface area contributed by atoms with Gasteiger partial charge >= 0.3 is 0 Å². The Hall–Kier alpha value is -2.31. The number of rotatable bonds is 3. The second kappa shape index (κ2) is 6.69. The van der Waals surface area contributed by atoms with Crippen LogP contribution in [-0.2, 0) is 19.4 Å². The molecule has 0 unspecified atom stereocenters. The fraction of sp³-hybridized carbons (Fsp3) is 0.286. The van der Waals surface area contributed by atoms with E-state index < -0.39 is 0 Å². The molecule has 3 aromatic heterocycles. The lowest BCUT2D eigenvalue weighted by Crippen LogP contribution is -2.21. The van der Waals surface area contributed by atoms with E-state index in [-0.39, 0.29) is 5.56 Å². The van der Waals surface area contributed by atoms with Crippen LogP contribution in [0.2, 0.25) is 0 Å². The zero-order chi connectivity index (χ0) is 18.4. The van der Waals surface area contributed by atoms with Gasteiger partial charge in [-0.25, -0.2) is 9.97 Å². The van der Waals surface area contributed by atoms with Gasteiger partial charge in [0.1, 0.15) is 9.84 Å². The van der Waals surface area contributed by atoms with Crippen molar-refractivity contribution in [3.8, 4) is 10.6 Å². The van der Waals surface area contributed by atoms with Crippen LogP contribution in [0.4, 0.5) is 0 Å². The molecule has 0 N–H and O–H groups in total. The van der Waals surface area contributed by atoms with Crippen LogP contribution in [0, 0.1) is 6.92 Å². The summed E-state index contributed by atoms with van der Waals surface area (Å²) in [5.41, 5.74) is 4.57. The third-order valence-electron chi connectivity index (χ3n) is 5.12. The fourth-order valence-electron chi connectivity index (χ4n) is 3.68. The Bertz CT molecular complexity index is 1180. The summed E-state index contributed by atoms with van der Waals surface area (Å²) in [5.74, 6) is 0. The minimum Gasteiger partial charge on any atom is -0.293 e. The highest BCUT2D eigenvalue weighted by Gasteiger charge is 2.20. The third kappa shape index (κ3) is 3.03. The molecular formula is C21H19N3OS2. The lowest BCUT2D eigenvalue weighted by Gasteiger charge is -2.10. The summed E-state index contributed by atoms with van der Waals surface area (Å²) in [7, 11) is 0. The number of thiazole rings is 1. The Kier molecular flexibility index (Phi) is 4.17. The number of thiophene rings is 1. The summed E-state index contributed by atoms with van der Waals surface area (Å²) in [6, 6.07) is 8.38. The number of nitrogens with zero attached hydrogens (tertiary/aromatic N) is 3. The second-order valence-corrected chi connectivity index (χ2v) is 9.02. The van der Waals surface area contributed by atoms with Crippen molar-refractivity contribution >= 4 is 32.9 Å². The zero-order valence-electron chi connectivity index (χ0n) is 15.1. The van der Waals surface area contributed by atoms with Gasteiger partial charge < -0.3 is 0 Å². The Balaban J connectivity index is 1.49. The molecule has 1 aliphatic rings. The predicted molar refractivity (Wildman–Crippen MR) is 112 cm³/mol. The maximum absolute atomic E-state index is 13.1. The average Bonchev–Trinajstić information content (AvgIpc) is 3.29. The topological polar surface area (TPSA) is 47.8 Å². The molecule has 0 radical (unpaired) electrons. The van der Waals surface area contributed by atoms with Gasteiger partial charge in [0, 0.05) is 15.8 Å². The van der Waals surface area contributed by atoms with E-state index in [0.29, 0.717) is 6.54 Å². The number of hydrogen-bond donors (Lipinski definition) is 0. The van der Waals surface area contributed by atoms with Gasteiger partial charge in [-0.2, -0.15) is 0 Å². The largest absolute Gasteiger partial charge is 0.293 e. The molecule has 0 bridgehead atoms. The molecule has 4 nitrogen and oxygen atoms in total. The maximum Gasteiger partial charge on any atom is 0.262 e. The molecule has 1 aromatic carbocycles. The van der Waals surface area contributed by atoms with Crippen LogP contribution in [0.25, 0.3) is 20.8 Å². The summed E-state index contributed by atoms with van der Waals surface area (Å²) in [4.78, 5) is 24.6. The Morgan fingerprint density at radius 1 is 1.15 bits per heavy atom. The van der Waals surface area contributed by atoms with Crippen molar-refractivity contribution in [2.24, 2.45) is 0 Å². The highest BCUT2D eigenvalue weighted by molar-refractivity contribution is 7.18. The van der Waals surface area contributed by atoms with Crippen LogP contribution < -0.4 is 5.56 Å². The number of aryl methyl sites for hydroxylation is 3. The molecule has 4 aromatic rings. The van der Waals surface area contributed by atoms with E-state index in [9.17, 15) is 4.79 Å². The van der Waals surface area contributed by atoms with Crippen molar-refractivity contribution < 1.29 is 0 Å². The van der Waals surface area contributed by atoms with Crippen LogP contribution in [0.3, 0.4) is 0 Å². The zero-order valence-corrected chi connectivity index (χ0v) is 16.7. The molecule has 27 heavy (non-hydrogen) atoms. The summed E-state index contributed by atoms with van der Waals surface area (Å²) in [6.45, 7) is 2.55. The molecule has 0 saturated heterocycles. The Morgan fingerprint density at radius 2 is 1.96 bits per heavy atom. The van der Waals surface area contributed by atoms with E-state index >= 15 is 0 Å². The molecule has 0 amide bonds. The lowest BCUT2D eigenvalue weighted by molar-refractivity contribution is 0.696. The van der Waals surface area contributed by atoms with E-state index in [0.717, 1.165) is 39.3 Å². The van der Waals surface area contributed by atoms with Crippen LogP contribution in [-0.4, -0.2) is 14.5 Å². The van der Waals surface area contributed by atoms with Gasteiger partial charge in [0.25, 0.3) is 5.56 Å². The third-order valence-corrected chi connectivity index (χ3v) is 7.26. The lowest BCUT2D eigenvalue weighted by atomic mass is 9.97. The predicted octanol–water partition coefficient (Wildman–Crippen LogP) is 4.82. The van der Waals surface area contributed by atoms with Crippen LogP contribution in [0.5, 0.6) is 0 Å². The first kappa shape index (κ1) is 16.8. The van der Waals surface area contributed by atoms with E-state index in [1.807, 2.05) is 5.38 Å². The first-order valence-corrected chi connectivity index (χ1v) is 10.9. The first-order chi connectivity index (χ1) is 13.2. The van der Waals surface area contributed by atoms with E-state index in [4.69, 9.17) is 4.98 Å². The van der Waals surface area contributed by atoms with Crippen molar-refractivity contribution in [2.75, 3.05) is 0 Å². The summed E-state index contributed by atoms with van der Waals surface area (Å²) < 4.78 is 1.71. The van der Waals surface area contributed by atoms with Gasteiger partial charge in [-0.1, -0.05) is 29.8 Å². The normalized spacial score (nSPS) is 13.8. The van der Waals surface area contributed by atoms with Gasteiger partial charge in [-0.15, -0.1) is 22.7 Å². The number of benzene rings is 1. The van der Waals surface area contributed by atoms with Crippen LogP contribution in [0.1, 0.15) is 34.5 Å². The minimum atomic E-state index is 0.0734. The van der Waals surface area contributed by atoms with Gasteiger partial charge in [0.15, 0.2) is 0 Å². The molecule has 1 aliphatic carbocycles. The van der Waals surface area contributed by atoms with Crippen molar-refractivity contribution in [1.29, 1.82) is 0 Å². The van der Waals surface area contributed by atoms with Gasteiger partial charge in [-0.3, -0.25) is 9.36 Å². The molecule has 6 heteroatoms. The summed E-state index contributed by atoms with van der Waals surface area (Å²) >= 11 is 3.31. The Labute approximate surface area is 165 Å². The van der Waals surface area contributed by atoms with Crippen molar-refractivity contribution in [3.05, 3.63) is 68.0 Å². The SMILES string of the molecule is Cc1ccc(-c2nc(Cn3cnc4sc5c(c4c3=O)CCCC5)cs2)cc1.